The standard InChI is InChI=1S/C21H25N3O3/c1-14-19-16(10-11-18(26-3)20(19)27-4)23-21(25)17(22-14)13-24(2)12-15-8-6-5-7-9-15/h5-11,17H,12-13H2,1-4H3,(H,23,25). The molecule has 1 amide bonds. The van der Waals surface area contributed by atoms with Crippen molar-refractivity contribution in [2.24, 2.45) is 4.99 Å². The molecule has 1 aliphatic heterocycles. The van der Waals surface area contributed by atoms with Crippen molar-refractivity contribution >= 4 is 17.3 Å². The molecule has 0 spiro atoms. The Hall–Kier alpha value is -2.86. The lowest BCUT2D eigenvalue weighted by Gasteiger charge is -2.20. The first kappa shape index (κ1) is 18.9. The fourth-order valence-corrected chi connectivity index (χ4v) is 3.34. The number of carbonyl (C=O) groups excluding carboxylic acids is 1. The molecule has 2 aromatic carbocycles. The molecule has 0 saturated carbocycles. The van der Waals surface area contributed by atoms with Crippen LogP contribution in [0.25, 0.3) is 0 Å². The van der Waals surface area contributed by atoms with Gasteiger partial charge in [0.25, 0.3) is 5.91 Å². The normalized spacial score (nSPS) is 16.3. The van der Waals surface area contributed by atoms with Crippen molar-refractivity contribution < 1.29 is 14.3 Å². The lowest BCUT2D eigenvalue weighted by molar-refractivity contribution is -0.117. The maximum atomic E-state index is 12.7. The molecule has 0 fully saturated rings. The van der Waals surface area contributed by atoms with E-state index in [0.717, 1.165) is 17.8 Å². The van der Waals surface area contributed by atoms with Crippen molar-refractivity contribution in [2.75, 3.05) is 33.1 Å². The number of aliphatic imine (C=N–C) groups is 1. The van der Waals surface area contributed by atoms with E-state index in [1.807, 2.05) is 38.2 Å². The molecule has 2 aromatic rings. The summed E-state index contributed by atoms with van der Waals surface area (Å²) in [6.07, 6.45) is 0. The number of anilines is 1. The molecule has 6 heteroatoms. The monoisotopic (exact) mass is 367 g/mol. The minimum Gasteiger partial charge on any atom is -0.493 e. The predicted molar refractivity (Wildman–Crippen MR) is 107 cm³/mol. The predicted octanol–water partition coefficient (Wildman–Crippen LogP) is 2.97. The van der Waals surface area contributed by atoms with Gasteiger partial charge in [0.1, 0.15) is 6.04 Å². The van der Waals surface area contributed by atoms with Crippen LogP contribution in [0.3, 0.4) is 0 Å². The topological polar surface area (TPSA) is 63.2 Å². The maximum Gasteiger partial charge on any atom is 0.250 e. The number of nitrogens with zero attached hydrogens (tertiary/aromatic N) is 2. The average molecular weight is 367 g/mol. The summed E-state index contributed by atoms with van der Waals surface area (Å²) < 4.78 is 10.9. The first-order valence-electron chi connectivity index (χ1n) is 8.86. The molecule has 1 atom stereocenters. The minimum absolute atomic E-state index is 0.125. The van der Waals surface area contributed by atoms with Crippen molar-refractivity contribution in [3.05, 3.63) is 53.6 Å². The Morgan fingerprint density at radius 3 is 2.52 bits per heavy atom. The quantitative estimate of drug-likeness (QED) is 0.853. The van der Waals surface area contributed by atoms with Gasteiger partial charge in [0, 0.05) is 18.8 Å². The van der Waals surface area contributed by atoms with Gasteiger partial charge in [0.2, 0.25) is 0 Å². The zero-order valence-electron chi connectivity index (χ0n) is 16.2. The molecular formula is C21H25N3O3. The number of hydrogen-bond donors (Lipinski definition) is 1. The van der Waals surface area contributed by atoms with Gasteiger partial charge in [-0.3, -0.25) is 14.7 Å². The van der Waals surface area contributed by atoms with E-state index in [9.17, 15) is 4.79 Å². The van der Waals surface area contributed by atoms with E-state index in [2.05, 4.69) is 22.3 Å². The second-order valence-corrected chi connectivity index (χ2v) is 6.63. The number of methoxy groups -OCH3 is 2. The number of ether oxygens (including phenoxy) is 2. The van der Waals surface area contributed by atoms with Gasteiger partial charge in [-0.25, -0.2) is 0 Å². The van der Waals surface area contributed by atoms with E-state index in [1.54, 1.807) is 20.3 Å². The highest BCUT2D eigenvalue weighted by Gasteiger charge is 2.27. The van der Waals surface area contributed by atoms with E-state index in [0.29, 0.717) is 23.7 Å². The van der Waals surface area contributed by atoms with Gasteiger partial charge in [-0.15, -0.1) is 0 Å². The smallest absolute Gasteiger partial charge is 0.250 e. The first-order valence-corrected chi connectivity index (χ1v) is 8.86. The van der Waals surface area contributed by atoms with Crippen molar-refractivity contribution in [3.63, 3.8) is 0 Å². The van der Waals surface area contributed by atoms with Crippen LogP contribution in [0.2, 0.25) is 0 Å². The zero-order chi connectivity index (χ0) is 19.4. The molecule has 27 heavy (non-hydrogen) atoms. The highest BCUT2D eigenvalue weighted by atomic mass is 16.5. The van der Waals surface area contributed by atoms with Crippen molar-refractivity contribution in [2.45, 2.75) is 19.5 Å². The highest BCUT2D eigenvalue weighted by Crippen LogP contribution is 2.37. The molecule has 0 saturated heterocycles. The number of likely N-dealkylation sites (N-methyl/N-ethyl adjacent to an activating group) is 1. The Kier molecular flexibility index (Phi) is 5.76. The molecule has 1 aliphatic rings. The summed E-state index contributed by atoms with van der Waals surface area (Å²) in [4.78, 5) is 19.5. The minimum atomic E-state index is -0.498. The van der Waals surface area contributed by atoms with Crippen LogP contribution in [0.15, 0.2) is 47.5 Å². The molecule has 3 rings (SSSR count). The third-order valence-corrected chi connectivity index (χ3v) is 4.60. The largest absolute Gasteiger partial charge is 0.493 e. The summed E-state index contributed by atoms with van der Waals surface area (Å²) in [7, 11) is 5.17. The summed E-state index contributed by atoms with van der Waals surface area (Å²) in [6, 6.07) is 13.3. The van der Waals surface area contributed by atoms with Crippen molar-refractivity contribution in [1.82, 2.24) is 4.90 Å². The molecule has 0 aromatic heterocycles. The van der Waals surface area contributed by atoms with E-state index < -0.39 is 6.04 Å². The van der Waals surface area contributed by atoms with Crippen LogP contribution in [0.4, 0.5) is 5.69 Å². The Morgan fingerprint density at radius 2 is 1.85 bits per heavy atom. The zero-order valence-corrected chi connectivity index (χ0v) is 16.2. The highest BCUT2D eigenvalue weighted by molar-refractivity contribution is 6.13. The summed E-state index contributed by atoms with van der Waals surface area (Å²) in [6.45, 7) is 3.17. The van der Waals surface area contributed by atoms with Gasteiger partial charge in [-0.2, -0.15) is 0 Å². The third kappa shape index (κ3) is 4.11. The fourth-order valence-electron chi connectivity index (χ4n) is 3.34. The summed E-state index contributed by atoms with van der Waals surface area (Å²) >= 11 is 0. The number of benzene rings is 2. The third-order valence-electron chi connectivity index (χ3n) is 4.60. The van der Waals surface area contributed by atoms with Crippen LogP contribution < -0.4 is 14.8 Å². The lowest BCUT2D eigenvalue weighted by Crippen LogP contribution is -2.36. The van der Waals surface area contributed by atoms with Crippen molar-refractivity contribution in [3.8, 4) is 11.5 Å². The van der Waals surface area contributed by atoms with Gasteiger partial charge in [-0.1, -0.05) is 30.3 Å². The van der Waals surface area contributed by atoms with Crippen molar-refractivity contribution in [1.29, 1.82) is 0 Å². The molecule has 0 aliphatic carbocycles. The SMILES string of the molecule is COc1ccc2c(c1OC)C(C)=NC(CN(C)Cc1ccccc1)C(=O)N2. The maximum absolute atomic E-state index is 12.7. The number of hydrogen-bond acceptors (Lipinski definition) is 5. The van der Waals surface area contributed by atoms with Crippen LogP contribution >= 0.6 is 0 Å². The molecule has 142 valence electrons. The Morgan fingerprint density at radius 1 is 1.11 bits per heavy atom. The molecular weight excluding hydrogens is 342 g/mol. The first-order chi connectivity index (χ1) is 13.0. The van der Waals surface area contributed by atoms with Crippen LogP contribution in [-0.2, 0) is 11.3 Å². The second-order valence-electron chi connectivity index (χ2n) is 6.63. The summed E-state index contributed by atoms with van der Waals surface area (Å²) in [5.41, 5.74) is 3.40. The molecule has 0 radical (unpaired) electrons. The molecule has 1 N–H and O–H groups in total. The number of fused-ring (bicyclic) bond motifs is 1. The van der Waals surface area contributed by atoms with E-state index in [4.69, 9.17) is 14.5 Å². The Bertz CT molecular complexity index is 849. The fraction of sp³-hybridized carbons (Fsp3) is 0.333. The number of nitrogens with one attached hydrogen (secondary N) is 1. The molecule has 1 heterocycles. The second kappa shape index (κ2) is 8.22. The van der Waals surface area contributed by atoms with E-state index >= 15 is 0 Å². The van der Waals surface area contributed by atoms with Gasteiger partial charge >= 0.3 is 0 Å². The average Bonchev–Trinajstić information content (AvgIpc) is 2.78. The van der Waals surface area contributed by atoms with Gasteiger partial charge in [0.05, 0.1) is 25.5 Å². The summed E-state index contributed by atoms with van der Waals surface area (Å²) in [5, 5.41) is 2.98. The van der Waals surface area contributed by atoms with Crippen LogP contribution in [0, 0.1) is 0 Å². The lowest BCUT2D eigenvalue weighted by atomic mass is 10.1. The number of carbonyl (C=O) groups is 1. The molecule has 1 unspecified atom stereocenters. The van der Waals surface area contributed by atoms with Gasteiger partial charge in [0.15, 0.2) is 11.5 Å². The number of rotatable bonds is 6. The number of benzodiazepines with no additional fused rings is 1. The summed E-state index contributed by atoms with van der Waals surface area (Å²) in [5.74, 6) is 1.06. The van der Waals surface area contributed by atoms with Gasteiger partial charge < -0.3 is 14.8 Å². The van der Waals surface area contributed by atoms with Crippen LogP contribution in [-0.4, -0.2) is 50.4 Å². The Labute approximate surface area is 159 Å². The van der Waals surface area contributed by atoms with Gasteiger partial charge in [-0.05, 0) is 31.7 Å². The number of amides is 1. The van der Waals surface area contributed by atoms with Crippen LogP contribution in [0.5, 0.6) is 11.5 Å². The molecule has 0 bridgehead atoms. The van der Waals surface area contributed by atoms with E-state index in [1.165, 1.54) is 5.56 Å². The molecule has 6 nitrogen and oxygen atoms in total. The van der Waals surface area contributed by atoms with Crippen LogP contribution in [0.1, 0.15) is 18.1 Å². The van der Waals surface area contributed by atoms with E-state index in [-0.39, 0.29) is 5.91 Å². The Balaban J connectivity index is 1.85.